The number of aliphatic hydroxyl groups excluding tert-OH is 1. The topological polar surface area (TPSA) is 88.5 Å². The largest absolute Gasteiger partial charge is 0.507 e. The molecule has 210 valence electrons. The molecule has 4 rings (SSSR count). The van der Waals surface area contributed by atoms with Crippen LogP contribution in [0.4, 0.5) is 0 Å². The van der Waals surface area contributed by atoms with Gasteiger partial charge in [-0.25, -0.2) is 0 Å². The van der Waals surface area contributed by atoms with Crippen LogP contribution in [-0.4, -0.2) is 79.2 Å². The first-order chi connectivity index (χ1) is 18.9. The second kappa shape index (κ2) is 13.6. The molecule has 0 bridgehead atoms. The number of hydrogen-bond donors (Lipinski definition) is 1. The lowest BCUT2D eigenvalue weighted by atomic mass is 9.94. The third-order valence-corrected chi connectivity index (χ3v) is 7.19. The van der Waals surface area contributed by atoms with Gasteiger partial charge in [0.1, 0.15) is 17.3 Å². The Hall–Kier alpha value is -3.36. The molecule has 8 nitrogen and oxygen atoms in total. The van der Waals surface area contributed by atoms with Gasteiger partial charge >= 0.3 is 0 Å². The molecule has 0 saturated carbocycles. The maximum Gasteiger partial charge on any atom is 0.295 e. The highest BCUT2D eigenvalue weighted by Crippen LogP contribution is 2.40. The van der Waals surface area contributed by atoms with Gasteiger partial charge in [0.15, 0.2) is 0 Å². The Morgan fingerprint density at radius 1 is 0.949 bits per heavy atom. The summed E-state index contributed by atoms with van der Waals surface area (Å²) in [5.41, 5.74) is 2.13. The summed E-state index contributed by atoms with van der Waals surface area (Å²) in [4.78, 5) is 30.6. The number of Topliss-reactive ketones (excluding diaryl/α,β-unsaturated/α-hetero) is 1. The molecule has 0 spiro atoms. The van der Waals surface area contributed by atoms with Crippen molar-refractivity contribution in [3.05, 3.63) is 64.7 Å². The smallest absolute Gasteiger partial charge is 0.295 e. The Morgan fingerprint density at radius 2 is 1.64 bits per heavy atom. The Balaban J connectivity index is 1.69. The molecule has 0 aliphatic carbocycles. The van der Waals surface area contributed by atoms with Crippen LogP contribution in [0, 0.1) is 6.92 Å². The van der Waals surface area contributed by atoms with Crippen molar-refractivity contribution in [1.29, 1.82) is 0 Å². The van der Waals surface area contributed by atoms with E-state index >= 15 is 0 Å². The number of nitrogens with zero attached hydrogens (tertiary/aromatic N) is 2. The normalized spacial score (nSPS) is 19.5. The van der Waals surface area contributed by atoms with Gasteiger partial charge in [0.2, 0.25) is 0 Å². The summed E-state index contributed by atoms with van der Waals surface area (Å²) in [6, 6.07) is 12.1. The third-order valence-electron chi connectivity index (χ3n) is 7.19. The Morgan fingerprint density at radius 3 is 2.31 bits per heavy atom. The van der Waals surface area contributed by atoms with Crippen LogP contribution in [0.15, 0.2) is 48.0 Å². The number of rotatable bonds is 12. The predicted molar refractivity (Wildman–Crippen MR) is 150 cm³/mol. The Labute approximate surface area is 231 Å². The van der Waals surface area contributed by atoms with Gasteiger partial charge in [-0.15, -0.1) is 0 Å². The first-order valence-corrected chi connectivity index (χ1v) is 14.0. The molecule has 0 aromatic heterocycles. The van der Waals surface area contributed by atoms with Crippen LogP contribution in [0.1, 0.15) is 55.8 Å². The molecule has 2 saturated heterocycles. The first-order valence-electron chi connectivity index (χ1n) is 14.0. The summed E-state index contributed by atoms with van der Waals surface area (Å²) in [7, 11) is 0. The average Bonchev–Trinajstić information content (AvgIpc) is 3.20. The van der Waals surface area contributed by atoms with E-state index in [0.29, 0.717) is 50.8 Å². The van der Waals surface area contributed by atoms with E-state index in [-0.39, 0.29) is 11.3 Å². The minimum atomic E-state index is -0.703. The van der Waals surface area contributed by atoms with Gasteiger partial charge in [0.25, 0.3) is 11.7 Å². The summed E-state index contributed by atoms with van der Waals surface area (Å²) >= 11 is 0. The van der Waals surface area contributed by atoms with Gasteiger partial charge in [0.05, 0.1) is 38.0 Å². The Bertz CT molecular complexity index is 1170. The lowest BCUT2D eigenvalue weighted by molar-refractivity contribution is -0.140. The molecule has 1 amide bonds. The summed E-state index contributed by atoms with van der Waals surface area (Å²) in [6.45, 7) is 11.1. The number of hydrogen-bond acceptors (Lipinski definition) is 7. The van der Waals surface area contributed by atoms with Crippen LogP contribution < -0.4 is 9.47 Å². The minimum Gasteiger partial charge on any atom is -0.507 e. The molecule has 1 atom stereocenters. The van der Waals surface area contributed by atoms with Crippen molar-refractivity contribution in [2.75, 3.05) is 52.6 Å². The number of ketones is 1. The highest BCUT2D eigenvalue weighted by molar-refractivity contribution is 6.46. The summed E-state index contributed by atoms with van der Waals surface area (Å²) < 4.78 is 17.0. The molecule has 39 heavy (non-hydrogen) atoms. The zero-order valence-electron chi connectivity index (χ0n) is 23.3. The maximum atomic E-state index is 13.4. The molecule has 1 N–H and O–H groups in total. The lowest BCUT2D eigenvalue weighted by Crippen LogP contribution is -2.42. The van der Waals surface area contributed by atoms with Crippen LogP contribution in [0.25, 0.3) is 5.76 Å². The molecule has 0 radical (unpaired) electrons. The average molecular weight is 537 g/mol. The number of benzene rings is 2. The number of amides is 1. The lowest BCUT2D eigenvalue weighted by Gasteiger charge is -2.31. The van der Waals surface area contributed by atoms with Crippen LogP contribution in [0.5, 0.6) is 11.5 Å². The summed E-state index contributed by atoms with van der Waals surface area (Å²) in [5.74, 6) is -0.00909. The monoisotopic (exact) mass is 536 g/mol. The number of unbranched alkanes of at least 4 members (excludes halogenated alkanes) is 1. The zero-order chi connectivity index (χ0) is 27.8. The highest BCUT2D eigenvalue weighted by atomic mass is 16.5. The second-order valence-electron chi connectivity index (χ2n) is 10.0. The van der Waals surface area contributed by atoms with Crippen molar-refractivity contribution >= 4 is 17.4 Å². The number of morpholine rings is 1. The van der Waals surface area contributed by atoms with Crippen molar-refractivity contribution in [1.82, 2.24) is 9.80 Å². The molecule has 2 heterocycles. The number of aryl methyl sites for hydroxylation is 1. The second-order valence-corrected chi connectivity index (χ2v) is 10.0. The van der Waals surface area contributed by atoms with Gasteiger partial charge in [-0.2, -0.15) is 0 Å². The maximum absolute atomic E-state index is 13.4. The predicted octanol–water partition coefficient (Wildman–Crippen LogP) is 4.72. The summed E-state index contributed by atoms with van der Waals surface area (Å²) in [5, 5.41) is 11.5. The van der Waals surface area contributed by atoms with Crippen LogP contribution in [-0.2, 0) is 14.3 Å². The van der Waals surface area contributed by atoms with Crippen LogP contribution >= 0.6 is 0 Å². The fraction of sp³-hybridized carbons (Fsp3) is 0.484. The van der Waals surface area contributed by atoms with Crippen molar-refractivity contribution in [3.63, 3.8) is 0 Å². The van der Waals surface area contributed by atoms with Gasteiger partial charge in [0, 0.05) is 31.7 Å². The quantitative estimate of drug-likeness (QED) is 0.182. The third kappa shape index (κ3) is 6.81. The molecule has 2 aromatic carbocycles. The van der Waals surface area contributed by atoms with Crippen molar-refractivity contribution < 1.29 is 28.9 Å². The number of carbonyl (C=O) groups is 2. The van der Waals surface area contributed by atoms with E-state index in [1.165, 1.54) is 0 Å². The van der Waals surface area contributed by atoms with Crippen LogP contribution in [0.3, 0.4) is 0 Å². The SMILES string of the molecule is CCCCOc1ccc(C2/C(=C(\O)c3ccc(OCCC)cc3C)C(=O)C(=O)N2CCN2CCOCC2)cc1. The molecular weight excluding hydrogens is 496 g/mol. The number of likely N-dealkylation sites (tertiary alicyclic amines) is 1. The van der Waals surface area contributed by atoms with Crippen molar-refractivity contribution in [2.45, 2.75) is 46.1 Å². The van der Waals surface area contributed by atoms with E-state index in [1.54, 1.807) is 17.0 Å². The van der Waals surface area contributed by atoms with Gasteiger partial charge < -0.3 is 24.2 Å². The number of ether oxygens (including phenoxy) is 3. The van der Waals surface area contributed by atoms with E-state index in [1.807, 2.05) is 44.2 Å². The first kappa shape index (κ1) is 28.6. The fourth-order valence-corrected chi connectivity index (χ4v) is 4.97. The zero-order valence-corrected chi connectivity index (χ0v) is 23.3. The van der Waals surface area contributed by atoms with E-state index in [9.17, 15) is 14.7 Å². The van der Waals surface area contributed by atoms with E-state index in [0.717, 1.165) is 49.2 Å². The fourth-order valence-electron chi connectivity index (χ4n) is 4.97. The summed E-state index contributed by atoms with van der Waals surface area (Å²) in [6.07, 6.45) is 2.89. The van der Waals surface area contributed by atoms with Gasteiger partial charge in [-0.05, 0) is 61.2 Å². The van der Waals surface area contributed by atoms with Crippen molar-refractivity contribution in [3.8, 4) is 11.5 Å². The Kier molecular flexibility index (Phi) is 10.0. The van der Waals surface area contributed by atoms with Crippen molar-refractivity contribution in [2.24, 2.45) is 0 Å². The molecule has 2 aromatic rings. The molecule has 1 unspecified atom stereocenters. The standard InChI is InChI=1S/C31H40N2O6/c1-4-6-18-39-24-9-7-23(8-10-24)28-27(29(34)26-12-11-25(21-22(26)3)38-17-5-2)30(35)31(36)33(28)14-13-32-15-19-37-20-16-32/h7-12,21,28,34H,4-6,13-20H2,1-3H3/b29-27+. The molecule has 2 aliphatic rings. The molecule has 8 heteroatoms. The van der Waals surface area contributed by atoms with E-state index in [2.05, 4.69) is 11.8 Å². The molecule has 2 aliphatic heterocycles. The molecule has 2 fully saturated rings. The highest BCUT2D eigenvalue weighted by Gasteiger charge is 2.46. The number of carbonyl (C=O) groups excluding carboxylic acids is 2. The molecular formula is C31H40N2O6. The van der Waals surface area contributed by atoms with Crippen LogP contribution in [0.2, 0.25) is 0 Å². The van der Waals surface area contributed by atoms with Gasteiger partial charge in [-0.3, -0.25) is 14.5 Å². The number of aliphatic hydroxyl groups is 1. The van der Waals surface area contributed by atoms with E-state index < -0.39 is 17.7 Å². The minimum absolute atomic E-state index is 0.104. The van der Waals surface area contributed by atoms with E-state index in [4.69, 9.17) is 14.2 Å². The van der Waals surface area contributed by atoms with Gasteiger partial charge in [-0.1, -0.05) is 32.4 Å².